The Balaban J connectivity index is 1.74. The molecule has 3 aliphatic heterocycles. The molecule has 2 bridgehead atoms. The van der Waals surface area contributed by atoms with Crippen molar-refractivity contribution < 1.29 is 9.90 Å². The summed E-state index contributed by atoms with van der Waals surface area (Å²) in [4.78, 5) is 17.3. The van der Waals surface area contributed by atoms with Crippen LogP contribution in [0.2, 0.25) is 0 Å². The number of phenols is 1. The van der Waals surface area contributed by atoms with E-state index < -0.39 is 0 Å². The number of phenolic OH excluding ortho intramolecular Hbond substituents is 1. The average molecular weight is 314 g/mol. The molecule has 0 spiro atoms. The van der Waals surface area contributed by atoms with E-state index in [2.05, 4.69) is 24.8 Å². The maximum Gasteiger partial charge on any atom is 0.254 e. The van der Waals surface area contributed by atoms with Crippen LogP contribution in [0, 0.1) is 5.92 Å². The van der Waals surface area contributed by atoms with Gasteiger partial charge in [0.2, 0.25) is 0 Å². The molecule has 1 N–H and O–H groups in total. The number of amides is 1. The van der Waals surface area contributed by atoms with Gasteiger partial charge >= 0.3 is 0 Å². The number of carbonyl (C=O) groups is 1. The first-order chi connectivity index (χ1) is 11.0. The normalized spacial score (nSPS) is 24.3. The maximum absolute atomic E-state index is 12.8. The first-order valence-corrected chi connectivity index (χ1v) is 8.48. The van der Waals surface area contributed by atoms with Crippen LogP contribution in [0.4, 0.5) is 0 Å². The third kappa shape index (κ3) is 3.75. The molecule has 3 saturated heterocycles. The number of carbonyl (C=O) groups excluding carboxylic acids is 1. The van der Waals surface area contributed by atoms with Gasteiger partial charge in [-0.15, -0.1) is 0 Å². The highest BCUT2D eigenvalue weighted by molar-refractivity contribution is 5.94. The molecular formula is C19H26N2O2. The van der Waals surface area contributed by atoms with Crippen molar-refractivity contribution in [3.05, 3.63) is 41.5 Å². The van der Waals surface area contributed by atoms with Gasteiger partial charge in [0.05, 0.1) is 0 Å². The number of hydrogen-bond acceptors (Lipinski definition) is 3. The van der Waals surface area contributed by atoms with Crippen molar-refractivity contribution in [1.82, 2.24) is 9.80 Å². The molecule has 2 atom stereocenters. The predicted octanol–water partition coefficient (Wildman–Crippen LogP) is 2.89. The summed E-state index contributed by atoms with van der Waals surface area (Å²) in [6.07, 6.45) is 4.66. The van der Waals surface area contributed by atoms with Gasteiger partial charge in [-0.1, -0.05) is 17.7 Å². The summed E-state index contributed by atoms with van der Waals surface area (Å²) < 4.78 is 0. The van der Waals surface area contributed by atoms with Gasteiger partial charge in [-0.2, -0.15) is 0 Å². The van der Waals surface area contributed by atoms with E-state index in [1.165, 1.54) is 18.4 Å². The lowest BCUT2D eigenvalue weighted by molar-refractivity contribution is 0.0740. The fourth-order valence-corrected chi connectivity index (χ4v) is 3.69. The molecule has 1 amide bonds. The zero-order valence-corrected chi connectivity index (χ0v) is 14.0. The number of rotatable bonds is 3. The molecule has 4 nitrogen and oxygen atoms in total. The molecule has 4 heteroatoms. The quantitative estimate of drug-likeness (QED) is 0.873. The number of piperidine rings is 1. The largest absolute Gasteiger partial charge is 0.508 e. The number of aromatic hydroxyl groups is 1. The lowest BCUT2D eigenvalue weighted by Crippen LogP contribution is -2.44. The summed E-state index contributed by atoms with van der Waals surface area (Å²) >= 11 is 0. The van der Waals surface area contributed by atoms with Gasteiger partial charge in [0.15, 0.2) is 0 Å². The van der Waals surface area contributed by atoms with Crippen LogP contribution < -0.4 is 0 Å². The number of allylic oxidation sites excluding steroid dienone is 1. The highest BCUT2D eigenvalue weighted by atomic mass is 16.3. The van der Waals surface area contributed by atoms with E-state index in [0.717, 1.165) is 26.2 Å². The van der Waals surface area contributed by atoms with E-state index in [-0.39, 0.29) is 11.7 Å². The zero-order chi connectivity index (χ0) is 16.4. The molecule has 0 saturated carbocycles. The third-order valence-corrected chi connectivity index (χ3v) is 4.94. The van der Waals surface area contributed by atoms with E-state index in [1.54, 1.807) is 24.3 Å². The Kier molecular flexibility index (Phi) is 4.71. The molecule has 124 valence electrons. The molecule has 0 aromatic heterocycles. The van der Waals surface area contributed by atoms with Crippen LogP contribution in [0.1, 0.15) is 37.0 Å². The summed E-state index contributed by atoms with van der Waals surface area (Å²) in [5.74, 6) is 0.751. The van der Waals surface area contributed by atoms with E-state index in [1.807, 2.05) is 4.90 Å². The Hall–Kier alpha value is -1.81. The molecule has 23 heavy (non-hydrogen) atoms. The molecule has 1 aromatic carbocycles. The second-order valence-electron chi connectivity index (χ2n) is 7.09. The molecule has 3 heterocycles. The minimum Gasteiger partial charge on any atom is -0.508 e. The predicted molar refractivity (Wildman–Crippen MR) is 91.5 cm³/mol. The summed E-state index contributed by atoms with van der Waals surface area (Å²) in [7, 11) is 0. The summed E-state index contributed by atoms with van der Waals surface area (Å²) in [5, 5.41) is 9.61. The van der Waals surface area contributed by atoms with Crippen molar-refractivity contribution in [3.63, 3.8) is 0 Å². The van der Waals surface area contributed by atoms with E-state index in [4.69, 9.17) is 0 Å². The van der Waals surface area contributed by atoms with Crippen molar-refractivity contribution in [2.45, 2.75) is 32.7 Å². The monoisotopic (exact) mass is 314 g/mol. The topological polar surface area (TPSA) is 43.8 Å². The lowest BCUT2D eigenvalue weighted by Gasteiger charge is -2.35. The third-order valence-electron chi connectivity index (χ3n) is 4.94. The van der Waals surface area contributed by atoms with Gasteiger partial charge in [-0.3, -0.25) is 9.69 Å². The van der Waals surface area contributed by atoms with E-state index >= 15 is 0 Å². The first kappa shape index (κ1) is 16.1. The summed E-state index contributed by atoms with van der Waals surface area (Å²) in [5.41, 5.74) is 1.93. The van der Waals surface area contributed by atoms with Gasteiger partial charge < -0.3 is 10.0 Å². The summed E-state index contributed by atoms with van der Waals surface area (Å²) in [6.45, 7) is 7.95. The second-order valence-corrected chi connectivity index (χ2v) is 7.09. The molecule has 3 fully saturated rings. The molecular weight excluding hydrogens is 288 g/mol. The van der Waals surface area contributed by atoms with Gasteiger partial charge in [0.1, 0.15) is 5.75 Å². The number of hydrogen-bond donors (Lipinski definition) is 1. The highest BCUT2D eigenvalue weighted by Crippen LogP contribution is 2.29. The van der Waals surface area contributed by atoms with Gasteiger partial charge in [-0.25, -0.2) is 0 Å². The van der Waals surface area contributed by atoms with E-state index in [9.17, 15) is 9.90 Å². The Labute approximate surface area is 138 Å². The second kappa shape index (κ2) is 6.75. The fraction of sp³-hybridized carbons (Fsp3) is 0.526. The Morgan fingerprint density at radius 3 is 2.83 bits per heavy atom. The fourth-order valence-electron chi connectivity index (χ4n) is 3.69. The Morgan fingerprint density at radius 1 is 1.26 bits per heavy atom. The van der Waals surface area contributed by atoms with Crippen LogP contribution in [0.3, 0.4) is 0 Å². The van der Waals surface area contributed by atoms with Crippen LogP contribution in [0.5, 0.6) is 5.75 Å². The van der Waals surface area contributed by atoms with Crippen LogP contribution in [0.15, 0.2) is 35.9 Å². The standard InChI is InChI=1S/C19H26N2O2/c1-14(2)8-9-20-11-15-6-7-17(20)13-21(12-15)19(23)16-4-3-5-18(22)10-16/h3-5,8,10,15,17,22H,6-7,9,11-13H2,1-2H3/t15-,17-/m1/s1. The smallest absolute Gasteiger partial charge is 0.254 e. The van der Waals surface area contributed by atoms with Gasteiger partial charge in [0, 0.05) is 37.8 Å². The highest BCUT2D eigenvalue weighted by Gasteiger charge is 2.36. The van der Waals surface area contributed by atoms with Crippen LogP contribution in [-0.4, -0.2) is 53.0 Å². The van der Waals surface area contributed by atoms with Gasteiger partial charge in [-0.05, 0) is 50.8 Å². The Morgan fingerprint density at radius 2 is 2.09 bits per heavy atom. The molecule has 0 radical (unpaired) electrons. The lowest BCUT2D eigenvalue weighted by atomic mass is 9.95. The molecule has 4 rings (SSSR count). The minimum atomic E-state index is 0.0434. The van der Waals surface area contributed by atoms with Crippen LogP contribution in [-0.2, 0) is 0 Å². The summed E-state index contributed by atoms with van der Waals surface area (Å²) in [6, 6.07) is 7.14. The minimum absolute atomic E-state index is 0.0434. The average Bonchev–Trinajstić information content (AvgIpc) is 2.83. The SMILES string of the molecule is CC(C)=CCN1C[C@H]2CC[C@@H]1CN(C(=O)c1cccc(O)c1)C2. The van der Waals surface area contributed by atoms with Crippen molar-refractivity contribution in [3.8, 4) is 5.75 Å². The van der Waals surface area contributed by atoms with Crippen molar-refractivity contribution in [2.75, 3.05) is 26.2 Å². The van der Waals surface area contributed by atoms with Crippen LogP contribution in [0.25, 0.3) is 0 Å². The maximum atomic E-state index is 12.8. The molecule has 3 aliphatic rings. The first-order valence-electron chi connectivity index (χ1n) is 8.48. The van der Waals surface area contributed by atoms with Crippen molar-refractivity contribution >= 4 is 5.91 Å². The van der Waals surface area contributed by atoms with E-state index in [0.29, 0.717) is 17.5 Å². The zero-order valence-electron chi connectivity index (χ0n) is 14.0. The van der Waals surface area contributed by atoms with Gasteiger partial charge in [0.25, 0.3) is 5.91 Å². The molecule has 0 unspecified atom stereocenters. The number of benzene rings is 1. The van der Waals surface area contributed by atoms with Crippen molar-refractivity contribution in [1.29, 1.82) is 0 Å². The molecule has 1 aromatic rings. The Bertz CT molecular complexity index is 607. The number of nitrogens with zero attached hydrogens (tertiary/aromatic N) is 2. The van der Waals surface area contributed by atoms with Crippen LogP contribution >= 0.6 is 0 Å². The molecule has 0 aliphatic carbocycles. The van der Waals surface area contributed by atoms with Crippen molar-refractivity contribution in [2.24, 2.45) is 5.92 Å². The number of fused-ring (bicyclic) bond motifs is 4.